The van der Waals surface area contributed by atoms with Crippen LogP contribution in [0.25, 0.3) is 6.08 Å². The highest BCUT2D eigenvalue weighted by atomic mass is 79.9. The minimum absolute atomic E-state index is 0.0653. The number of sulfonamides is 1. The number of ether oxygens (including phenoxy) is 2. The van der Waals surface area contributed by atoms with E-state index < -0.39 is 27.9 Å². The van der Waals surface area contributed by atoms with E-state index in [0.717, 1.165) is 0 Å². The molecule has 1 unspecified atom stereocenters. The quantitative estimate of drug-likeness (QED) is 0.857. The lowest BCUT2D eigenvalue weighted by molar-refractivity contribution is -0.184. The van der Waals surface area contributed by atoms with Crippen LogP contribution in [0.1, 0.15) is 19.4 Å². The third-order valence-corrected chi connectivity index (χ3v) is 5.18. The zero-order valence-electron chi connectivity index (χ0n) is 11.7. The molecule has 1 saturated heterocycles. The Kier molecular flexibility index (Phi) is 4.55. The van der Waals surface area contributed by atoms with Gasteiger partial charge in [0.05, 0.1) is 4.91 Å². The van der Waals surface area contributed by atoms with Crippen molar-refractivity contribution in [1.82, 2.24) is 4.72 Å². The molecule has 116 valence electrons. The largest absolute Gasteiger partial charge is 0.342 e. The van der Waals surface area contributed by atoms with Crippen LogP contribution in [0, 0.1) is 5.82 Å². The standard InChI is InChI=1S/C13H15BrFNO4S/c1-13(2)11(21(17,18)16-12(19-3)20-13)6-8-4-5-9(14)7-10(8)15/h4-7,12,16H,1-3H3/b11-6+. The lowest BCUT2D eigenvalue weighted by atomic mass is 10.1. The van der Waals surface area contributed by atoms with Gasteiger partial charge >= 0.3 is 0 Å². The van der Waals surface area contributed by atoms with Crippen LogP contribution in [0.4, 0.5) is 4.39 Å². The van der Waals surface area contributed by atoms with Crippen molar-refractivity contribution >= 4 is 32.0 Å². The number of rotatable bonds is 2. The SMILES string of the molecule is COC1NS(=O)(=O)/C(=C/c2ccc(Br)cc2F)C(C)(C)O1. The van der Waals surface area contributed by atoms with E-state index in [1.165, 1.54) is 25.3 Å². The monoisotopic (exact) mass is 379 g/mol. The van der Waals surface area contributed by atoms with Crippen molar-refractivity contribution < 1.29 is 22.3 Å². The Hall–Kier alpha value is -0.800. The average molecular weight is 380 g/mol. The van der Waals surface area contributed by atoms with Gasteiger partial charge in [0, 0.05) is 17.1 Å². The third-order valence-electron chi connectivity index (χ3n) is 3.00. The Labute approximate surface area is 131 Å². The maximum atomic E-state index is 13.9. The van der Waals surface area contributed by atoms with Crippen molar-refractivity contribution in [2.45, 2.75) is 25.9 Å². The van der Waals surface area contributed by atoms with Gasteiger partial charge < -0.3 is 9.47 Å². The van der Waals surface area contributed by atoms with Gasteiger partial charge in [0.1, 0.15) is 11.4 Å². The Morgan fingerprint density at radius 2 is 2.14 bits per heavy atom. The second-order valence-electron chi connectivity index (χ2n) is 4.99. The fourth-order valence-corrected chi connectivity index (χ4v) is 3.81. The summed E-state index contributed by atoms with van der Waals surface area (Å²) in [5, 5.41) is 0. The van der Waals surface area contributed by atoms with Crippen molar-refractivity contribution in [2.75, 3.05) is 7.11 Å². The molecule has 1 aromatic carbocycles. The first-order valence-corrected chi connectivity index (χ1v) is 8.33. The molecule has 1 aliphatic rings. The summed E-state index contributed by atoms with van der Waals surface area (Å²) in [6.45, 7) is 3.17. The Balaban J connectivity index is 2.52. The number of methoxy groups -OCH3 is 1. The van der Waals surface area contributed by atoms with Crippen molar-refractivity contribution in [1.29, 1.82) is 0 Å². The number of hydrogen-bond donors (Lipinski definition) is 1. The number of halogens is 2. The fourth-order valence-electron chi connectivity index (χ4n) is 1.97. The molecule has 1 heterocycles. The maximum absolute atomic E-state index is 13.9. The summed E-state index contributed by atoms with van der Waals surface area (Å²) >= 11 is 3.15. The molecule has 2 rings (SSSR count). The summed E-state index contributed by atoms with van der Waals surface area (Å²) in [5.74, 6) is -0.531. The van der Waals surface area contributed by atoms with E-state index in [1.807, 2.05) is 0 Å². The van der Waals surface area contributed by atoms with Crippen molar-refractivity contribution in [2.24, 2.45) is 0 Å². The molecule has 0 spiro atoms. The van der Waals surface area contributed by atoms with Crippen LogP contribution < -0.4 is 4.72 Å². The van der Waals surface area contributed by atoms with E-state index in [2.05, 4.69) is 20.7 Å². The van der Waals surface area contributed by atoms with Gasteiger partial charge in [-0.2, -0.15) is 4.72 Å². The van der Waals surface area contributed by atoms with E-state index in [4.69, 9.17) is 9.47 Å². The van der Waals surface area contributed by atoms with Crippen LogP contribution in [-0.2, 0) is 19.5 Å². The van der Waals surface area contributed by atoms with Crippen LogP contribution >= 0.6 is 15.9 Å². The van der Waals surface area contributed by atoms with Crippen LogP contribution in [-0.4, -0.2) is 27.5 Å². The van der Waals surface area contributed by atoms with E-state index in [0.29, 0.717) is 4.47 Å². The number of benzene rings is 1. The second-order valence-corrected chi connectivity index (χ2v) is 7.59. The molecular formula is C13H15BrFNO4S. The van der Waals surface area contributed by atoms with Gasteiger partial charge in [0.25, 0.3) is 0 Å². The molecular weight excluding hydrogens is 365 g/mol. The number of nitrogens with one attached hydrogen (secondary N) is 1. The van der Waals surface area contributed by atoms with Crippen molar-refractivity contribution in [3.05, 3.63) is 39.0 Å². The molecule has 5 nitrogen and oxygen atoms in total. The molecule has 1 atom stereocenters. The highest BCUT2D eigenvalue weighted by Crippen LogP contribution is 2.33. The first-order chi connectivity index (χ1) is 9.65. The van der Waals surface area contributed by atoms with Gasteiger partial charge in [-0.15, -0.1) is 0 Å². The van der Waals surface area contributed by atoms with Gasteiger partial charge in [-0.1, -0.05) is 22.0 Å². The van der Waals surface area contributed by atoms with Crippen LogP contribution in [0.5, 0.6) is 0 Å². The topological polar surface area (TPSA) is 64.6 Å². The van der Waals surface area contributed by atoms with E-state index in [9.17, 15) is 12.8 Å². The fraction of sp³-hybridized carbons (Fsp3) is 0.385. The molecule has 0 aromatic heterocycles. The van der Waals surface area contributed by atoms with Crippen LogP contribution in [0.2, 0.25) is 0 Å². The first-order valence-electron chi connectivity index (χ1n) is 6.06. The highest BCUT2D eigenvalue weighted by molar-refractivity contribution is 9.10. The molecule has 0 bridgehead atoms. The summed E-state index contributed by atoms with van der Waals surface area (Å²) in [6.07, 6.45) is 0.188. The maximum Gasteiger partial charge on any atom is 0.243 e. The lowest BCUT2D eigenvalue weighted by Gasteiger charge is -2.37. The highest BCUT2D eigenvalue weighted by Gasteiger charge is 2.43. The van der Waals surface area contributed by atoms with E-state index in [-0.39, 0.29) is 10.5 Å². The van der Waals surface area contributed by atoms with Gasteiger partial charge in [0.15, 0.2) is 0 Å². The summed E-state index contributed by atoms with van der Waals surface area (Å²) in [4.78, 5) is -0.0653. The molecule has 1 aromatic rings. The molecule has 0 radical (unpaired) electrons. The predicted octanol–water partition coefficient (Wildman–Crippen LogP) is 2.59. The molecule has 0 amide bonds. The van der Waals surface area contributed by atoms with Gasteiger partial charge in [-0.25, -0.2) is 12.8 Å². The molecule has 1 fully saturated rings. The zero-order chi connectivity index (χ0) is 15.8. The minimum atomic E-state index is -3.83. The Morgan fingerprint density at radius 3 is 2.67 bits per heavy atom. The van der Waals surface area contributed by atoms with Gasteiger partial charge in [0.2, 0.25) is 16.4 Å². The Morgan fingerprint density at radius 1 is 1.48 bits per heavy atom. The second kappa shape index (κ2) is 5.77. The average Bonchev–Trinajstić information content (AvgIpc) is 2.34. The van der Waals surface area contributed by atoms with E-state index >= 15 is 0 Å². The number of hydrogen-bond acceptors (Lipinski definition) is 4. The van der Waals surface area contributed by atoms with Gasteiger partial charge in [-0.3, -0.25) is 0 Å². The summed E-state index contributed by atoms with van der Waals surface area (Å²) in [7, 11) is -2.51. The third kappa shape index (κ3) is 3.51. The lowest BCUT2D eigenvalue weighted by Crippen LogP contribution is -2.53. The van der Waals surface area contributed by atoms with Crippen LogP contribution in [0.3, 0.4) is 0 Å². The molecule has 1 N–H and O–H groups in total. The van der Waals surface area contributed by atoms with Gasteiger partial charge in [-0.05, 0) is 32.1 Å². The summed E-state index contributed by atoms with van der Waals surface area (Å²) < 4.78 is 51.6. The molecule has 1 aliphatic heterocycles. The molecule has 8 heteroatoms. The molecule has 0 aliphatic carbocycles. The van der Waals surface area contributed by atoms with Crippen molar-refractivity contribution in [3.8, 4) is 0 Å². The zero-order valence-corrected chi connectivity index (χ0v) is 14.1. The summed E-state index contributed by atoms with van der Waals surface area (Å²) in [5.41, 5.74) is -0.990. The van der Waals surface area contributed by atoms with Crippen molar-refractivity contribution in [3.63, 3.8) is 0 Å². The minimum Gasteiger partial charge on any atom is -0.342 e. The smallest absolute Gasteiger partial charge is 0.243 e. The summed E-state index contributed by atoms with van der Waals surface area (Å²) in [6, 6.07) is 4.38. The van der Waals surface area contributed by atoms with Crippen LogP contribution in [0.15, 0.2) is 27.6 Å². The predicted molar refractivity (Wildman–Crippen MR) is 80.1 cm³/mol. The first kappa shape index (κ1) is 16.6. The van der Waals surface area contributed by atoms with E-state index in [1.54, 1.807) is 19.9 Å². The Bertz CT molecular complexity index is 687. The normalized spacial score (nSPS) is 26.0. The molecule has 21 heavy (non-hydrogen) atoms. The molecule has 0 saturated carbocycles.